The molecule has 1 aliphatic carbocycles. The molecule has 1 aliphatic rings. The zero-order valence-electron chi connectivity index (χ0n) is 5.94. The Morgan fingerprint density at radius 2 is 2.25 bits per heavy atom. The minimum Gasteiger partial charge on any atom is -0.0816 e. The molecule has 0 aromatic carbocycles. The van der Waals surface area contributed by atoms with Crippen LogP contribution in [0.5, 0.6) is 0 Å². The van der Waals surface area contributed by atoms with Gasteiger partial charge in [-0.3, -0.25) is 0 Å². The lowest BCUT2D eigenvalue weighted by atomic mass is 9.75. The average Bonchev–Trinajstić information content (AvgIpc) is 1.81. The SMILES string of the molecule is CCC1C=C(C)C1C. The van der Waals surface area contributed by atoms with Crippen molar-refractivity contribution in [3.63, 3.8) is 0 Å². The van der Waals surface area contributed by atoms with E-state index < -0.39 is 0 Å². The summed E-state index contributed by atoms with van der Waals surface area (Å²) in [6, 6.07) is 0. The zero-order valence-corrected chi connectivity index (χ0v) is 5.94. The van der Waals surface area contributed by atoms with Crippen molar-refractivity contribution in [1.82, 2.24) is 0 Å². The van der Waals surface area contributed by atoms with E-state index in [2.05, 4.69) is 26.8 Å². The van der Waals surface area contributed by atoms with Gasteiger partial charge in [-0.15, -0.1) is 0 Å². The van der Waals surface area contributed by atoms with Crippen LogP contribution in [-0.4, -0.2) is 0 Å². The molecule has 0 heterocycles. The van der Waals surface area contributed by atoms with Gasteiger partial charge in [0.25, 0.3) is 0 Å². The summed E-state index contributed by atoms with van der Waals surface area (Å²) >= 11 is 0. The van der Waals surface area contributed by atoms with Crippen molar-refractivity contribution < 1.29 is 0 Å². The maximum atomic E-state index is 2.38. The first-order valence-electron chi connectivity index (χ1n) is 3.44. The van der Waals surface area contributed by atoms with Crippen LogP contribution in [0, 0.1) is 11.8 Å². The fourth-order valence-corrected chi connectivity index (χ4v) is 1.32. The van der Waals surface area contributed by atoms with Crippen LogP contribution >= 0.6 is 0 Å². The van der Waals surface area contributed by atoms with E-state index in [1.165, 1.54) is 6.42 Å². The maximum absolute atomic E-state index is 2.38. The van der Waals surface area contributed by atoms with Gasteiger partial charge in [-0.25, -0.2) is 0 Å². The lowest BCUT2D eigenvalue weighted by Gasteiger charge is -2.30. The summed E-state index contributed by atoms with van der Waals surface area (Å²) in [5, 5.41) is 0. The van der Waals surface area contributed by atoms with Gasteiger partial charge in [0.2, 0.25) is 0 Å². The summed E-state index contributed by atoms with van der Waals surface area (Å²) in [4.78, 5) is 0. The highest BCUT2D eigenvalue weighted by molar-refractivity contribution is 5.18. The molecule has 0 aliphatic heterocycles. The number of hydrogen-bond acceptors (Lipinski definition) is 0. The van der Waals surface area contributed by atoms with Gasteiger partial charge in [0.05, 0.1) is 0 Å². The molecule has 46 valence electrons. The minimum atomic E-state index is 0.875. The van der Waals surface area contributed by atoms with Crippen molar-refractivity contribution in [3.05, 3.63) is 11.6 Å². The van der Waals surface area contributed by atoms with E-state index in [4.69, 9.17) is 0 Å². The molecule has 0 aromatic heterocycles. The van der Waals surface area contributed by atoms with E-state index in [0.29, 0.717) is 0 Å². The van der Waals surface area contributed by atoms with Gasteiger partial charge in [-0.1, -0.05) is 25.5 Å². The Labute approximate surface area is 51.6 Å². The summed E-state index contributed by atoms with van der Waals surface area (Å²) < 4.78 is 0. The molecular weight excluding hydrogens is 96.1 g/mol. The lowest BCUT2D eigenvalue weighted by Crippen LogP contribution is -2.19. The summed E-state index contributed by atoms with van der Waals surface area (Å²) in [6.45, 7) is 6.78. The fraction of sp³-hybridized carbons (Fsp3) is 0.750. The zero-order chi connectivity index (χ0) is 6.15. The Balaban J connectivity index is 2.47. The summed E-state index contributed by atoms with van der Waals surface area (Å²) in [7, 11) is 0. The first kappa shape index (κ1) is 5.87. The quantitative estimate of drug-likeness (QED) is 0.455. The molecule has 0 saturated heterocycles. The molecule has 0 spiro atoms. The van der Waals surface area contributed by atoms with Gasteiger partial charge in [-0.05, 0) is 25.2 Å². The molecule has 0 aromatic rings. The van der Waals surface area contributed by atoms with Gasteiger partial charge in [0, 0.05) is 0 Å². The first-order chi connectivity index (χ1) is 3.75. The molecule has 0 heteroatoms. The third kappa shape index (κ3) is 0.683. The third-order valence-electron chi connectivity index (χ3n) is 2.31. The highest BCUT2D eigenvalue weighted by Gasteiger charge is 2.22. The van der Waals surface area contributed by atoms with Crippen LogP contribution < -0.4 is 0 Å². The van der Waals surface area contributed by atoms with Crippen LogP contribution in [0.15, 0.2) is 11.6 Å². The van der Waals surface area contributed by atoms with E-state index in [1.54, 1.807) is 5.57 Å². The predicted molar refractivity (Wildman–Crippen MR) is 36.7 cm³/mol. The third-order valence-corrected chi connectivity index (χ3v) is 2.31. The van der Waals surface area contributed by atoms with E-state index in [-0.39, 0.29) is 0 Å². The second-order valence-corrected chi connectivity index (χ2v) is 2.77. The average molecular weight is 110 g/mol. The molecule has 0 saturated carbocycles. The Kier molecular flexibility index (Phi) is 1.41. The van der Waals surface area contributed by atoms with Crippen molar-refractivity contribution >= 4 is 0 Å². The standard InChI is InChI=1S/C8H14/c1-4-8-5-6(2)7(8)3/h5,7-8H,4H2,1-3H3. The van der Waals surface area contributed by atoms with Crippen LogP contribution in [0.25, 0.3) is 0 Å². The molecule has 0 nitrogen and oxygen atoms in total. The molecule has 0 bridgehead atoms. The van der Waals surface area contributed by atoms with Crippen LogP contribution in [0.3, 0.4) is 0 Å². The largest absolute Gasteiger partial charge is 0.0816 e. The lowest BCUT2D eigenvalue weighted by molar-refractivity contribution is 0.415. The second kappa shape index (κ2) is 1.93. The number of hydrogen-bond donors (Lipinski definition) is 0. The van der Waals surface area contributed by atoms with Crippen LogP contribution in [0.1, 0.15) is 27.2 Å². The van der Waals surface area contributed by atoms with Gasteiger partial charge < -0.3 is 0 Å². The topological polar surface area (TPSA) is 0 Å². The van der Waals surface area contributed by atoms with Crippen molar-refractivity contribution in [2.24, 2.45) is 11.8 Å². The van der Waals surface area contributed by atoms with Crippen molar-refractivity contribution in [1.29, 1.82) is 0 Å². The highest BCUT2D eigenvalue weighted by Crippen LogP contribution is 2.34. The van der Waals surface area contributed by atoms with Gasteiger partial charge in [-0.2, -0.15) is 0 Å². The molecule has 0 radical (unpaired) electrons. The van der Waals surface area contributed by atoms with Crippen LogP contribution in [0.2, 0.25) is 0 Å². The van der Waals surface area contributed by atoms with Crippen molar-refractivity contribution in [2.75, 3.05) is 0 Å². The van der Waals surface area contributed by atoms with Gasteiger partial charge in [0.15, 0.2) is 0 Å². The molecule has 2 unspecified atom stereocenters. The summed E-state index contributed by atoms with van der Waals surface area (Å²) in [5.74, 6) is 1.77. The molecule has 1 rings (SSSR count). The molecule has 0 amide bonds. The molecule has 2 atom stereocenters. The Morgan fingerprint density at radius 1 is 1.62 bits per heavy atom. The van der Waals surface area contributed by atoms with Gasteiger partial charge in [0.1, 0.15) is 0 Å². The maximum Gasteiger partial charge on any atom is -0.0171 e. The molecule has 0 N–H and O–H groups in total. The Bertz CT molecular complexity index is 111. The van der Waals surface area contributed by atoms with Crippen molar-refractivity contribution in [3.8, 4) is 0 Å². The Morgan fingerprint density at radius 3 is 2.38 bits per heavy atom. The number of allylic oxidation sites excluding steroid dienone is 2. The molecular formula is C8H14. The monoisotopic (exact) mass is 110 g/mol. The second-order valence-electron chi connectivity index (χ2n) is 2.77. The fourth-order valence-electron chi connectivity index (χ4n) is 1.32. The van der Waals surface area contributed by atoms with E-state index in [0.717, 1.165) is 11.8 Å². The molecule has 8 heavy (non-hydrogen) atoms. The summed E-state index contributed by atoms with van der Waals surface area (Å²) in [6.07, 6.45) is 3.70. The van der Waals surface area contributed by atoms with E-state index in [9.17, 15) is 0 Å². The van der Waals surface area contributed by atoms with E-state index >= 15 is 0 Å². The smallest absolute Gasteiger partial charge is 0.0171 e. The van der Waals surface area contributed by atoms with Crippen LogP contribution in [0.4, 0.5) is 0 Å². The van der Waals surface area contributed by atoms with Crippen molar-refractivity contribution in [2.45, 2.75) is 27.2 Å². The highest BCUT2D eigenvalue weighted by atomic mass is 14.3. The minimum absolute atomic E-state index is 0.875. The van der Waals surface area contributed by atoms with E-state index in [1.807, 2.05) is 0 Å². The number of rotatable bonds is 1. The van der Waals surface area contributed by atoms with Gasteiger partial charge >= 0.3 is 0 Å². The summed E-state index contributed by atoms with van der Waals surface area (Å²) in [5.41, 5.74) is 1.58. The van der Waals surface area contributed by atoms with Crippen LogP contribution in [-0.2, 0) is 0 Å². The molecule has 0 fully saturated rings. The predicted octanol–water partition coefficient (Wildman–Crippen LogP) is 2.61. The first-order valence-corrected chi connectivity index (χ1v) is 3.44. The normalized spacial score (nSPS) is 36.1. The Hall–Kier alpha value is -0.260.